The first-order valence-electron chi connectivity index (χ1n) is 11.0. The lowest BCUT2D eigenvalue weighted by molar-refractivity contribution is -0.116. The third kappa shape index (κ3) is 4.77. The second-order valence-electron chi connectivity index (χ2n) is 7.87. The van der Waals surface area contributed by atoms with Crippen molar-refractivity contribution in [3.05, 3.63) is 89.0 Å². The lowest BCUT2D eigenvalue weighted by atomic mass is 10.1. The number of anilines is 1. The average molecular weight is 474 g/mol. The Hall–Kier alpha value is -4.46. The Kier molecular flexibility index (Phi) is 6.91. The third-order valence-corrected chi connectivity index (χ3v) is 5.70. The number of aryl methyl sites for hydroxylation is 1. The quantitative estimate of drug-likeness (QED) is 0.413. The predicted octanol–water partition coefficient (Wildman–Crippen LogP) is 4.28. The van der Waals surface area contributed by atoms with Crippen molar-refractivity contribution < 1.29 is 19.0 Å². The SMILES string of the molecule is COc1cc(-n2cc(-c3ccccc3)n(CC(=O)Nc3ccccc3C)c2=O)cc(OC)c1OC. The van der Waals surface area contributed by atoms with Crippen LogP contribution in [0.3, 0.4) is 0 Å². The molecule has 1 heterocycles. The Labute approximate surface area is 203 Å². The van der Waals surface area contributed by atoms with E-state index < -0.39 is 0 Å². The summed E-state index contributed by atoms with van der Waals surface area (Å²) < 4.78 is 19.2. The van der Waals surface area contributed by atoms with Crippen LogP contribution in [0, 0.1) is 6.92 Å². The molecule has 8 nitrogen and oxygen atoms in total. The molecule has 1 N–H and O–H groups in total. The first kappa shape index (κ1) is 23.7. The minimum absolute atomic E-state index is 0.158. The fourth-order valence-corrected chi connectivity index (χ4v) is 3.91. The third-order valence-electron chi connectivity index (χ3n) is 5.70. The van der Waals surface area contributed by atoms with E-state index in [1.54, 1.807) is 18.3 Å². The highest BCUT2D eigenvalue weighted by Crippen LogP contribution is 2.39. The second kappa shape index (κ2) is 10.2. The topological polar surface area (TPSA) is 83.7 Å². The van der Waals surface area contributed by atoms with E-state index in [2.05, 4.69) is 5.32 Å². The molecule has 0 radical (unpaired) electrons. The number of rotatable bonds is 8. The summed E-state index contributed by atoms with van der Waals surface area (Å²) in [6.45, 7) is 1.76. The molecular formula is C27H27N3O5. The van der Waals surface area contributed by atoms with Crippen LogP contribution in [0.25, 0.3) is 16.9 Å². The van der Waals surface area contributed by atoms with Crippen molar-refractivity contribution in [2.24, 2.45) is 0 Å². The van der Waals surface area contributed by atoms with Crippen molar-refractivity contribution >= 4 is 11.6 Å². The van der Waals surface area contributed by atoms with Crippen molar-refractivity contribution in [2.45, 2.75) is 13.5 Å². The number of nitrogens with zero attached hydrogens (tertiary/aromatic N) is 2. The van der Waals surface area contributed by atoms with Crippen molar-refractivity contribution in [3.8, 4) is 34.2 Å². The summed E-state index contributed by atoms with van der Waals surface area (Å²) in [5, 5.41) is 2.90. The molecule has 4 rings (SSSR count). The first-order valence-corrected chi connectivity index (χ1v) is 11.0. The number of imidazole rings is 1. The van der Waals surface area contributed by atoms with Gasteiger partial charge in [-0.05, 0) is 24.1 Å². The minimum atomic E-state index is -0.377. The maximum atomic E-state index is 13.6. The van der Waals surface area contributed by atoms with E-state index >= 15 is 0 Å². The van der Waals surface area contributed by atoms with Gasteiger partial charge in [-0.3, -0.25) is 13.9 Å². The normalized spacial score (nSPS) is 10.6. The number of amides is 1. The molecule has 0 saturated carbocycles. The molecule has 0 fully saturated rings. The molecule has 1 amide bonds. The number of hydrogen-bond donors (Lipinski definition) is 1. The van der Waals surface area contributed by atoms with Gasteiger partial charge in [-0.1, -0.05) is 48.5 Å². The van der Waals surface area contributed by atoms with Crippen LogP contribution < -0.4 is 25.2 Å². The molecule has 0 bridgehead atoms. The lowest BCUT2D eigenvalue weighted by Gasteiger charge is -2.14. The van der Waals surface area contributed by atoms with Gasteiger partial charge in [-0.15, -0.1) is 0 Å². The van der Waals surface area contributed by atoms with Gasteiger partial charge in [-0.2, -0.15) is 0 Å². The van der Waals surface area contributed by atoms with Gasteiger partial charge in [0.05, 0.1) is 32.7 Å². The maximum Gasteiger partial charge on any atom is 0.333 e. The summed E-state index contributed by atoms with van der Waals surface area (Å²) >= 11 is 0. The standard InChI is InChI=1S/C27H27N3O5/c1-18-10-8-9-13-21(18)28-25(31)17-30-22(19-11-6-5-7-12-19)16-29(27(30)32)20-14-23(33-2)26(35-4)24(15-20)34-3/h5-16H,17H2,1-4H3,(H,28,31). The Morgan fingerprint density at radius 3 is 2.11 bits per heavy atom. The number of ether oxygens (including phenoxy) is 3. The van der Waals surface area contributed by atoms with E-state index in [0.717, 1.165) is 11.1 Å². The number of hydrogen-bond acceptors (Lipinski definition) is 5. The predicted molar refractivity (Wildman–Crippen MR) is 135 cm³/mol. The Morgan fingerprint density at radius 2 is 1.51 bits per heavy atom. The Morgan fingerprint density at radius 1 is 0.886 bits per heavy atom. The number of nitrogens with one attached hydrogen (secondary N) is 1. The van der Waals surface area contributed by atoms with Crippen LogP contribution >= 0.6 is 0 Å². The van der Waals surface area contributed by atoms with Crippen molar-refractivity contribution in [3.63, 3.8) is 0 Å². The van der Waals surface area contributed by atoms with Gasteiger partial charge in [0.2, 0.25) is 11.7 Å². The smallest absolute Gasteiger partial charge is 0.333 e. The van der Waals surface area contributed by atoms with Crippen molar-refractivity contribution in [2.75, 3.05) is 26.6 Å². The van der Waals surface area contributed by atoms with Gasteiger partial charge in [0.25, 0.3) is 0 Å². The molecule has 0 unspecified atom stereocenters. The van der Waals surface area contributed by atoms with Gasteiger partial charge in [0.1, 0.15) is 6.54 Å². The van der Waals surface area contributed by atoms with Crippen LogP contribution in [0.5, 0.6) is 17.2 Å². The van der Waals surface area contributed by atoms with E-state index in [0.29, 0.717) is 34.3 Å². The molecule has 0 aliphatic carbocycles. The highest BCUT2D eigenvalue weighted by molar-refractivity contribution is 5.91. The molecule has 180 valence electrons. The van der Waals surface area contributed by atoms with Crippen LogP contribution in [-0.2, 0) is 11.3 Å². The van der Waals surface area contributed by atoms with E-state index in [1.807, 2.05) is 61.5 Å². The molecule has 1 aromatic heterocycles. The van der Waals surface area contributed by atoms with Crippen molar-refractivity contribution in [1.29, 1.82) is 0 Å². The van der Waals surface area contributed by atoms with E-state index in [1.165, 1.54) is 30.5 Å². The summed E-state index contributed by atoms with van der Waals surface area (Å²) in [6, 6.07) is 20.3. The molecule has 0 aliphatic heterocycles. The molecule has 0 atom stereocenters. The highest BCUT2D eigenvalue weighted by Gasteiger charge is 2.20. The van der Waals surface area contributed by atoms with Gasteiger partial charge in [0, 0.05) is 24.0 Å². The van der Waals surface area contributed by atoms with Crippen molar-refractivity contribution in [1.82, 2.24) is 9.13 Å². The molecule has 0 aliphatic rings. The maximum absolute atomic E-state index is 13.6. The van der Waals surface area contributed by atoms with Gasteiger partial charge >= 0.3 is 5.69 Å². The zero-order valence-electron chi connectivity index (χ0n) is 20.1. The largest absolute Gasteiger partial charge is 0.493 e. The summed E-state index contributed by atoms with van der Waals surface area (Å²) in [5.74, 6) is 0.952. The summed E-state index contributed by atoms with van der Waals surface area (Å²) in [7, 11) is 4.55. The molecule has 0 spiro atoms. The number of benzene rings is 3. The van der Waals surface area contributed by atoms with Crippen LogP contribution in [-0.4, -0.2) is 36.4 Å². The van der Waals surface area contributed by atoms with Gasteiger partial charge < -0.3 is 19.5 Å². The Bertz CT molecular complexity index is 1380. The minimum Gasteiger partial charge on any atom is -0.493 e. The van der Waals surface area contributed by atoms with Crippen LogP contribution in [0.1, 0.15) is 5.56 Å². The van der Waals surface area contributed by atoms with Crippen LogP contribution in [0.15, 0.2) is 77.7 Å². The summed E-state index contributed by atoms with van der Waals surface area (Å²) in [6.07, 6.45) is 1.71. The average Bonchev–Trinajstić information content (AvgIpc) is 3.20. The number of carbonyl (C=O) groups excluding carboxylic acids is 1. The van der Waals surface area contributed by atoms with Crippen LogP contribution in [0.4, 0.5) is 5.69 Å². The first-order chi connectivity index (χ1) is 17.0. The molecule has 4 aromatic rings. The number of methoxy groups -OCH3 is 3. The molecule has 3 aromatic carbocycles. The fraction of sp³-hybridized carbons (Fsp3) is 0.185. The number of carbonyl (C=O) groups is 1. The highest BCUT2D eigenvalue weighted by atomic mass is 16.5. The fourth-order valence-electron chi connectivity index (χ4n) is 3.91. The van der Waals surface area contributed by atoms with Gasteiger partial charge in [-0.25, -0.2) is 4.79 Å². The second-order valence-corrected chi connectivity index (χ2v) is 7.87. The zero-order valence-corrected chi connectivity index (χ0v) is 20.1. The summed E-state index contributed by atoms with van der Waals surface area (Å²) in [5.41, 5.74) is 3.18. The van der Waals surface area contributed by atoms with E-state index in [-0.39, 0.29) is 18.1 Å². The van der Waals surface area contributed by atoms with Crippen LogP contribution in [0.2, 0.25) is 0 Å². The van der Waals surface area contributed by atoms with Gasteiger partial charge in [0.15, 0.2) is 11.5 Å². The molecule has 8 heteroatoms. The Balaban J connectivity index is 1.81. The van der Waals surface area contributed by atoms with E-state index in [4.69, 9.17) is 14.2 Å². The molecule has 35 heavy (non-hydrogen) atoms. The monoisotopic (exact) mass is 473 g/mol. The van der Waals surface area contributed by atoms with E-state index in [9.17, 15) is 9.59 Å². The zero-order chi connectivity index (χ0) is 24.9. The lowest BCUT2D eigenvalue weighted by Crippen LogP contribution is -2.29. The summed E-state index contributed by atoms with van der Waals surface area (Å²) in [4.78, 5) is 26.6. The molecule has 0 saturated heterocycles. The number of para-hydroxylation sites is 1. The molecular weight excluding hydrogens is 446 g/mol. The number of aromatic nitrogens is 2.